The third-order valence-electron chi connectivity index (χ3n) is 12.7. The second kappa shape index (κ2) is 61.4. The first-order chi connectivity index (χ1) is 36.5. The van der Waals surface area contributed by atoms with Gasteiger partial charge in [0.05, 0.1) is 0 Å². The Morgan fingerprint density at radius 3 is 0.878 bits per heavy atom. The zero-order valence-corrected chi connectivity index (χ0v) is 48.1. The number of esters is 3. The zero-order chi connectivity index (χ0) is 53.6. The molecule has 1 unspecified atom stereocenters. The lowest BCUT2D eigenvalue weighted by Crippen LogP contribution is -2.30. The molecule has 1 atom stereocenters. The van der Waals surface area contributed by atoms with Gasteiger partial charge in [0, 0.05) is 19.3 Å². The second-order valence-electron chi connectivity index (χ2n) is 19.9. The summed E-state index contributed by atoms with van der Waals surface area (Å²) in [6.07, 6.45) is 85.1. The van der Waals surface area contributed by atoms with Gasteiger partial charge in [-0.05, 0) is 96.3 Å². The van der Waals surface area contributed by atoms with Crippen molar-refractivity contribution in [3.63, 3.8) is 0 Å². The number of carbonyl (C=O) groups is 3. The molecule has 0 aromatic rings. The summed E-state index contributed by atoms with van der Waals surface area (Å²) in [7, 11) is 0. The standard InChI is InChI=1S/C68H112O6/c1-4-7-10-13-16-19-22-25-26-27-28-29-30-31-32-33-34-35-36-37-38-39-40-41-42-44-46-49-52-55-58-61-67(70)73-64-65(63-72-66(69)60-57-54-51-48-45-24-21-18-15-12-9-6-3)74-68(71)62-59-56-53-50-47-43-23-20-17-14-11-8-5-2/h7-8,10-11,16-17,19-20,25-26,28-29,31-32,34-35,43,47,53,56,65H,4-6,9,12-15,18,21-24,27,30,33,36-42,44-46,48-52,54-55,57-64H2,1-3H3/b10-7-,11-8-,19-16-,20-17-,26-25-,29-28-,32-31-,35-34-,47-43-,56-53-. The third kappa shape index (κ3) is 58.7. The molecule has 0 saturated heterocycles. The molecule has 74 heavy (non-hydrogen) atoms. The van der Waals surface area contributed by atoms with Crippen LogP contribution in [0, 0.1) is 0 Å². The van der Waals surface area contributed by atoms with Gasteiger partial charge >= 0.3 is 17.9 Å². The number of hydrogen-bond donors (Lipinski definition) is 0. The van der Waals surface area contributed by atoms with E-state index in [0.29, 0.717) is 19.3 Å². The molecule has 0 aliphatic carbocycles. The average Bonchev–Trinajstić information content (AvgIpc) is 3.40. The molecule has 0 amide bonds. The van der Waals surface area contributed by atoms with E-state index in [9.17, 15) is 14.4 Å². The Morgan fingerprint density at radius 1 is 0.284 bits per heavy atom. The van der Waals surface area contributed by atoms with E-state index < -0.39 is 12.1 Å². The molecule has 0 rings (SSSR count). The molecule has 6 heteroatoms. The maximum Gasteiger partial charge on any atom is 0.306 e. The van der Waals surface area contributed by atoms with Crippen molar-refractivity contribution in [2.24, 2.45) is 0 Å². The fraction of sp³-hybridized carbons (Fsp3) is 0.662. The van der Waals surface area contributed by atoms with Crippen molar-refractivity contribution in [1.29, 1.82) is 0 Å². The summed E-state index contributed by atoms with van der Waals surface area (Å²) in [6, 6.07) is 0. The Labute approximate surface area is 456 Å². The van der Waals surface area contributed by atoms with Gasteiger partial charge in [0.25, 0.3) is 0 Å². The van der Waals surface area contributed by atoms with Crippen LogP contribution in [0.3, 0.4) is 0 Å². The van der Waals surface area contributed by atoms with E-state index >= 15 is 0 Å². The summed E-state index contributed by atoms with van der Waals surface area (Å²) in [5.41, 5.74) is 0. The monoisotopic (exact) mass is 1020 g/mol. The van der Waals surface area contributed by atoms with Crippen LogP contribution in [-0.2, 0) is 28.6 Å². The summed E-state index contributed by atoms with van der Waals surface area (Å²) in [4.78, 5) is 38.1. The number of ether oxygens (including phenoxy) is 3. The van der Waals surface area contributed by atoms with Crippen molar-refractivity contribution < 1.29 is 28.6 Å². The van der Waals surface area contributed by atoms with E-state index in [2.05, 4.69) is 130 Å². The van der Waals surface area contributed by atoms with Crippen LogP contribution < -0.4 is 0 Å². The predicted octanol–water partition coefficient (Wildman–Crippen LogP) is 20.8. The number of hydrogen-bond acceptors (Lipinski definition) is 6. The quantitative estimate of drug-likeness (QED) is 0.0261. The summed E-state index contributed by atoms with van der Waals surface area (Å²) in [5, 5.41) is 0. The van der Waals surface area contributed by atoms with Crippen LogP contribution in [0.5, 0.6) is 0 Å². The predicted molar refractivity (Wildman–Crippen MR) is 320 cm³/mol. The van der Waals surface area contributed by atoms with Crippen LogP contribution in [0.1, 0.15) is 271 Å². The third-order valence-corrected chi connectivity index (χ3v) is 12.7. The van der Waals surface area contributed by atoms with Gasteiger partial charge in [-0.2, -0.15) is 0 Å². The van der Waals surface area contributed by atoms with Crippen LogP contribution in [0.2, 0.25) is 0 Å². The minimum Gasteiger partial charge on any atom is -0.462 e. The number of allylic oxidation sites excluding steroid dienone is 20. The van der Waals surface area contributed by atoms with Gasteiger partial charge < -0.3 is 14.2 Å². The van der Waals surface area contributed by atoms with E-state index in [0.717, 1.165) is 103 Å². The van der Waals surface area contributed by atoms with Gasteiger partial charge in [-0.3, -0.25) is 14.4 Å². The average molecular weight is 1030 g/mol. The first-order valence-corrected chi connectivity index (χ1v) is 30.5. The second-order valence-corrected chi connectivity index (χ2v) is 19.9. The molecule has 0 saturated carbocycles. The van der Waals surface area contributed by atoms with Crippen molar-refractivity contribution >= 4 is 17.9 Å². The molecule has 0 aliphatic rings. The van der Waals surface area contributed by atoms with Crippen molar-refractivity contribution in [2.75, 3.05) is 13.2 Å². The highest BCUT2D eigenvalue weighted by molar-refractivity contribution is 5.71. The molecule has 0 aliphatic heterocycles. The molecule has 0 radical (unpaired) electrons. The Bertz CT molecular complexity index is 1550. The highest BCUT2D eigenvalue weighted by atomic mass is 16.6. The number of rotatable bonds is 54. The summed E-state index contributed by atoms with van der Waals surface area (Å²) in [5.74, 6) is -0.989. The number of carbonyl (C=O) groups excluding carboxylic acids is 3. The van der Waals surface area contributed by atoms with E-state index in [1.54, 1.807) is 0 Å². The van der Waals surface area contributed by atoms with Crippen molar-refractivity contribution in [3.8, 4) is 0 Å². The first kappa shape index (κ1) is 69.8. The van der Waals surface area contributed by atoms with Gasteiger partial charge in [-0.1, -0.05) is 277 Å². The Kier molecular flexibility index (Phi) is 57.9. The SMILES string of the molecule is CC/C=C\C/C=C\C/C=C\C/C=C\C/C=C\C/C=C\CCCCCCCCCCCCCCC(=O)OCC(COC(=O)CCCCCCCCCCCCCC)OC(=O)CC/C=C\C/C=C\C/C=C\C/C=C\CC. The van der Waals surface area contributed by atoms with E-state index in [-0.39, 0.29) is 31.6 Å². The van der Waals surface area contributed by atoms with Crippen LogP contribution in [0.25, 0.3) is 0 Å². The maximum absolute atomic E-state index is 12.8. The highest BCUT2D eigenvalue weighted by Gasteiger charge is 2.19. The first-order valence-electron chi connectivity index (χ1n) is 30.5. The molecule has 420 valence electrons. The molecule has 0 spiro atoms. The van der Waals surface area contributed by atoms with Crippen LogP contribution in [0.15, 0.2) is 122 Å². The van der Waals surface area contributed by atoms with Gasteiger partial charge in [-0.25, -0.2) is 0 Å². The molecule has 0 aromatic carbocycles. The summed E-state index contributed by atoms with van der Waals surface area (Å²) >= 11 is 0. The Hall–Kier alpha value is -4.19. The van der Waals surface area contributed by atoms with Gasteiger partial charge in [-0.15, -0.1) is 0 Å². The van der Waals surface area contributed by atoms with E-state index in [1.807, 2.05) is 12.2 Å². The summed E-state index contributed by atoms with van der Waals surface area (Å²) < 4.78 is 16.8. The van der Waals surface area contributed by atoms with E-state index in [1.165, 1.54) is 122 Å². The topological polar surface area (TPSA) is 78.9 Å². The normalized spacial score (nSPS) is 13.0. The molecular formula is C68H112O6. The van der Waals surface area contributed by atoms with Crippen molar-refractivity contribution in [3.05, 3.63) is 122 Å². The lowest BCUT2D eigenvalue weighted by molar-refractivity contribution is -0.166. The van der Waals surface area contributed by atoms with E-state index in [4.69, 9.17) is 14.2 Å². The highest BCUT2D eigenvalue weighted by Crippen LogP contribution is 2.16. The molecule has 0 N–H and O–H groups in total. The van der Waals surface area contributed by atoms with Gasteiger partial charge in [0.2, 0.25) is 0 Å². The molecule has 0 bridgehead atoms. The minimum atomic E-state index is -0.817. The lowest BCUT2D eigenvalue weighted by Gasteiger charge is -2.18. The molecule has 0 aromatic heterocycles. The summed E-state index contributed by atoms with van der Waals surface area (Å²) in [6.45, 7) is 6.35. The Balaban J connectivity index is 4.23. The Morgan fingerprint density at radius 2 is 0.554 bits per heavy atom. The van der Waals surface area contributed by atoms with Gasteiger partial charge in [0.1, 0.15) is 13.2 Å². The minimum absolute atomic E-state index is 0.106. The van der Waals surface area contributed by atoms with Crippen LogP contribution >= 0.6 is 0 Å². The van der Waals surface area contributed by atoms with Gasteiger partial charge in [0.15, 0.2) is 6.10 Å². The van der Waals surface area contributed by atoms with Crippen molar-refractivity contribution in [1.82, 2.24) is 0 Å². The smallest absolute Gasteiger partial charge is 0.306 e. The lowest BCUT2D eigenvalue weighted by atomic mass is 10.0. The molecule has 0 fully saturated rings. The molecular weight excluding hydrogens is 913 g/mol. The maximum atomic E-state index is 12.8. The largest absolute Gasteiger partial charge is 0.462 e. The number of unbranched alkanes of at least 4 members (excludes halogenated alkanes) is 23. The molecule has 0 heterocycles. The van der Waals surface area contributed by atoms with Crippen LogP contribution in [0.4, 0.5) is 0 Å². The van der Waals surface area contributed by atoms with Crippen LogP contribution in [-0.4, -0.2) is 37.2 Å². The molecule has 6 nitrogen and oxygen atoms in total. The van der Waals surface area contributed by atoms with Crippen molar-refractivity contribution in [2.45, 2.75) is 277 Å². The zero-order valence-electron chi connectivity index (χ0n) is 48.1. The fourth-order valence-corrected chi connectivity index (χ4v) is 8.23. The fourth-order valence-electron chi connectivity index (χ4n) is 8.23.